The van der Waals surface area contributed by atoms with Crippen LogP contribution in [0.1, 0.15) is 72.5 Å². The van der Waals surface area contributed by atoms with Crippen LogP contribution in [0.5, 0.6) is 0 Å². The van der Waals surface area contributed by atoms with Gasteiger partial charge in [0.15, 0.2) is 6.29 Å². The highest BCUT2D eigenvalue weighted by Gasteiger charge is 2.34. The molecule has 9 nitrogen and oxygen atoms in total. The smallest absolute Gasteiger partial charge is 0.303 e. The van der Waals surface area contributed by atoms with E-state index in [1.807, 2.05) is 111 Å². The van der Waals surface area contributed by atoms with Crippen molar-refractivity contribution < 1.29 is 34.4 Å². The number of hydrogen-bond acceptors (Lipinski definition) is 7. The fourth-order valence-electron chi connectivity index (χ4n) is 5.93. The fraction of sp³-hybridized carbons (Fsp3) is 0.333. The Hall–Kier alpha value is -4.38. The summed E-state index contributed by atoms with van der Waals surface area (Å²) in [5, 5.41) is 32.3. The molecule has 0 unspecified atom stereocenters. The number of aliphatic hydroxyl groups excluding tert-OH is 2. The standard InChI is InChI=1S/C39H44N2O7/c1-26(38(46)30-9-4-3-5-10-30)41(2)24-34-22-35(29-16-14-27(25-42)15-17-29)48-39(47-34)33-13-7-12-32(21-33)31-11-6-8-28(20-31)23-40-36(43)18-19-37(44)45/h3-17,20-21,26,34-35,38-39,42,46H,18-19,22-25H2,1-2H3,(H,40,43)(H,44,45)/t26-,34-,35+,38-,39+/m0/s1. The average molecular weight is 653 g/mol. The van der Waals surface area contributed by atoms with E-state index in [0.29, 0.717) is 19.5 Å². The topological polar surface area (TPSA) is 129 Å². The predicted octanol–water partition coefficient (Wildman–Crippen LogP) is 5.93. The van der Waals surface area contributed by atoms with Gasteiger partial charge in [-0.2, -0.15) is 0 Å². The van der Waals surface area contributed by atoms with E-state index in [4.69, 9.17) is 14.6 Å². The molecule has 1 heterocycles. The molecule has 0 spiro atoms. The summed E-state index contributed by atoms with van der Waals surface area (Å²) in [4.78, 5) is 25.0. The summed E-state index contributed by atoms with van der Waals surface area (Å²) in [6.45, 7) is 2.86. The van der Waals surface area contributed by atoms with E-state index in [2.05, 4.69) is 16.3 Å². The third-order valence-electron chi connectivity index (χ3n) is 8.87. The first-order valence-electron chi connectivity index (χ1n) is 16.3. The Kier molecular flexibility index (Phi) is 12.1. The Labute approximate surface area is 281 Å². The molecule has 0 bridgehead atoms. The second kappa shape index (κ2) is 16.6. The lowest BCUT2D eigenvalue weighted by atomic mass is 9.97. The predicted molar refractivity (Wildman–Crippen MR) is 183 cm³/mol. The first kappa shape index (κ1) is 34.9. The first-order chi connectivity index (χ1) is 23.2. The molecule has 9 heteroatoms. The van der Waals surface area contributed by atoms with Crippen molar-refractivity contribution in [2.24, 2.45) is 0 Å². The lowest BCUT2D eigenvalue weighted by Gasteiger charge is -2.39. The first-order valence-corrected chi connectivity index (χ1v) is 16.3. The Morgan fingerprint density at radius 3 is 2.27 bits per heavy atom. The molecule has 48 heavy (non-hydrogen) atoms. The minimum atomic E-state index is -1.00. The number of rotatable bonds is 14. The van der Waals surface area contributed by atoms with Crippen molar-refractivity contribution in [3.63, 3.8) is 0 Å². The van der Waals surface area contributed by atoms with Crippen LogP contribution in [0.25, 0.3) is 11.1 Å². The Morgan fingerprint density at radius 2 is 1.56 bits per heavy atom. The van der Waals surface area contributed by atoms with E-state index >= 15 is 0 Å². The van der Waals surface area contributed by atoms with Gasteiger partial charge in [0.05, 0.1) is 31.3 Å². The number of carbonyl (C=O) groups is 2. The lowest BCUT2D eigenvalue weighted by molar-refractivity contribution is -0.253. The largest absolute Gasteiger partial charge is 0.481 e. The molecule has 1 amide bonds. The zero-order valence-corrected chi connectivity index (χ0v) is 27.4. The van der Waals surface area contributed by atoms with E-state index in [9.17, 15) is 19.8 Å². The van der Waals surface area contributed by atoms with Gasteiger partial charge in [0.1, 0.15) is 0 Å². The molecule has 1 saturated heterocycles. The Morgan fingerprint density at radius 1 is 0.854 bits per heavy atom. The maximum Gasteiger partial charge on any atom is 0.303 e. The highest BCUT2D eigenvalue weighted by molar-refractivity contribution is 5.80. The maximum absolute atomic E-state index is 12.1. The molecular weight excluding hydrogens is 608 g/mol. The number of hydrogen-bond donors (Lipinski definition) is 4. The van der Waals surface area contributed by atoms with Crippen molar-refractivity contribution in [3.05, 3.63) is 131 Å². The molecule has 4 N–H and O–H groups in total. The van der Waals surface area contributed by atoms with E-state index < -0.39 is 18.4 Å². The number of amides is 1. The number of aliphatic carboxylic acids is 1. The average Bonchev–Trinajstić information content (AvgIpc) is 3.12. The van der Waals surface area contributed by atoms with Gasteiger partial charge in [-0.25, -0.2) is 0 Å². The summed E-state index contributed by atoms with van der Waals surface area (Å²) in [6, 6.07) is 33.2. The Balaban J connectivity index is 1.34. The third-order valence-corrected chi connectivity index (χ3v) is 8.87. The molecule has 0 saturated carbocycles. The molecule has 0 aromatic heterocycles. The number of likely N-dealkylation sites (N-methyl/N-ethyl adjacent to an activating group) is 1. The number of carbonyl (C=O) groups excluding carboxylic acids is 1. The third kappa shape index (κ3) is 9.37. The van der Waals surface area contributed by atoms with Crippen LogP contribution in [-0.2, 0) is 32.2 Å². The summed E-state index contributed by atoms with van der Waals surface area (Å²) in [6.07, 6.45) is -1.39. The van der Waals surface area contributed by atoms with Crippen molar-refractivity contribution in [2.45, 2.75) is 70.0 Å². The van der Waals surface area contributed by atoms with Crippen LogP contribution in [0.4, 0.5) is 0 Å². The number of carboxylic acids is 1. The quantitative estimate of drug-likeness (QED) is 0.132. The second-order valence-electron chi connectivity index (χ2n) is 12.4. The van der Waals surface area contributed by atoms with Crippen LogP contribution >= 0.6 is 0 Å². The van der Waals surface area contributed by atoms with Crippen LogP contribution in [0.15, 0.2) is 103 Å². The van der Waals surface area contributed by atoms with E-state index in [-0.39, 0.29) is 43.6 Å². The van der Waals surface area contributed by atoms with Gasteiger partial charge in [0.25, 0.3) is 0 Å². The van der Waals surface area contributed by atoms with Crippen molar-refractivity contribution >= 4 is 11.9 Å². The number of nitrogens with one attached hydrogen (secondary N) is 1. The molecule has 5 rings (SSSR count). The lowest BCUT2D eigenvalue weighted by Crippen LogP contribution is -2.43. The molecule has 0 aliphatic carbocycles. The number of carboxylic acid groups (broad SMARTS) is 1. The summed E-state index contributed by atoms with van der Waals surface area (Å²) in [7, 11) is 2.00. The van der Waals surface area contributed by atoms with Crippen LogP contribution in [-0.4, -0.2) is 57.8 Å². The van der Waals surface area contributed by atoms with Gasteiger partial charge in [-0.1, -0.05) is 91.0 Å². The zero-order valence-electron chi connectivity index (χ0n) is 27.4. The molecule has 5 atom stereocenters. The van der Waals surface area contributed by atoms with Crippen LogP contribution in [0.2, 0.25) is 0 Å². The molecule has 0 radical (unpaired) electrons. The van der Waals surface area contributed by atoms with Gasteiger partial charge in [0, 0.05) is 37.5 Å². The van der Waals surface area contributed by atoms with E-state index in [1.54, 1.807) is 0 Å². The van der Waals surface area contributed by atoms with Gasteiger partial charge < -0.3 is 30.1 Å². The minimum absolute atomic E-state index is 0.0301. The van der Waals surface area contributed by atoms with Crippen molar-refractivity contribution in [3.8, 4) is 11.1 Å². The molecule has 4 aromatic rings. The molecule has 1 fully saturated rings. The van der Waals surface area contributed by atoms with Crippen LogP contribution in [0, 0.1) is 0 Å². The highest BCUT2D eigenvalue weighted by Crippen LogP contribution is 2.39. The molecule has 252 valence electrons. The number of nitrogens with zero attached hydrogens (tertiary/aromatic N) is 1. The summed E-state index contributed by atoms with van der Waals surface area (Å²) >= 11 is 0. The summed E-state index contributed by atoms with van der Waals surface area (Å²) < 4.78 is 13.2. The van der Waals surface area contributed by atoms with Crippen molar-refractivity contribution in [1.29, 1.82) is 0 Å². The zero-order chi connectivity index (χ0) is 34.0. The minimum Gasteiger partial charge on any atom is -0.481 e. The van der Waals surface area contributed by atoms with Crippen LogP contribution in [0.3, 0.4) is 0 Å². The second-order valence-corrected chi connectivity index (χ2v) is 12.4. The normalized spacial score (nSPS) is 19.1. The monoisotopic (exact) mass is 652 g/mol. The van der Waals surface area contributed by atoms with Crippen molar-refractivity contribution in [2.75, 3.05) is 13.6 Å². The summed E-state index contributed by atoms with van der Waals surface area (Å²) in [5.41, 5.74) is 6.37. The van der Waals surface area contributed by atoms with Gasteiger partial charge in [-0.15, -0.1) is 0 Å². The van der Waals surface area contributed by atoms with Crippen LogP contribution < -0.4 is 5.32 Å². The molecule has 4 aromatic carbocycles. The maximum atomic E-state index is 12.1. The Bertz CT molecular complexity index is 1650. The van der Waals surface area contributed by atoms with Gasteiger partial charge in [-0.05, 0) is 59.5 Å². The number of benzene rings is 4. The fourth-order valence-corrected chi connectivity index (χ4v) is 5.93. The summed E-state index contributed by atoms with van der Waals surface area (Å²) in [5.74, 6) is -1.31. The molecule has 1 aliphatic heterocycles. The number of ether oxygens (including phenoxy) is 2. The highest BCUT2D eigenvalue weighted by atomic mass is 16.7. The van der Waals surface area contributed by atoms with E-state index in [0.717, 1.165) is 38.9 Å². The molecule has 1 aliphatic rings. The van der Waals surface area contributed by atoms with Crippen molar-refractivity contribution in [1.82, 2.24) is 10.2 Å². The SMILES string of the molecule is C[C@@H]([C@H](O)c1ccccc1)N(C)C[C@@H]1C[C@H](c2ccc(CO)cc2)O[C@H](c2cccc(-c3cccc(CNC(=O)CCC(=O)O)c3)c2)O1. The molecular formula is C39H44N2O7. The van der Waals surface area contributed by atoms with Gasteiger partial charge in [-0.3, -0.25) is 14.5 Å². The van der Waals surface area contributed by atoms with Gasteiger partial charge in [0.2, 0.25) is 5.91 Å². The van der Waals surface area contributed by atoms with Gasteiger partial charge >= 0.3 is 5.97 Å². The van der Waals surface area contributed by atoms with E-state index in [1.165, 1.54) is 0 Å². The number of aliphatic hydroxyl groups is 2.